The molecule has 3 nitrogen and oxygen atoms in total. The predicted octanol–water partition coefficient (Wildman–Crippen LogP) is 4.87. The molecule has 1 N–H and O–H groups in total. The van der Waals surface area contributed by atoms with Gasteiger partial charge >= 0.3 is 7.48 Å². The zero-order chi connectivity index (χ0) is 21.7. The fraction of sp³-hybridized carbons (Fsp3) is 0.346. The van der Waals surface area contributed by atoms with E-state index in [-0.39, 0.29) is 5.41 Å². The van der Waals surface area contributed by atoms with Gasteiger partial charge in [-0.05, 0) is 72.6 Å². The van der Waals surface area contributed by atoms with Crippen molar-refractivity contribution in [1.29, 1.82) is 0 Å². The minimum absolute atomic E-state index is 0.0288. The second kappa shape index (κ2) is 7.07. The van der Waals surface area contributed by atoms with Gasteiger partial charge in [0.2, 0.25) is 0 Å². The summed E-state index contributed by atoms with van der Waals surface area (Å²) in [5.41, 5.74) is 6.70. The molecule has 153 valence electrons. The lowest BCUT2D eigenvalue weighted by atomic mass is 9.81. The van der Waals surface area contributed by atoms with E-state index in [1.165, 1.54) is 22.3 Å². The van der Waals surface area contributed by atoms with Crippen LogP contribution in [0.1, 0.15) is 52.7 Å². The summed E-state index contributed by atoms with van der Waals surface area (Å²) in [4.78, 5) is 4.42. The number of fused-ring (bicyclic) bond motifs is 3. The van der Waals surface area contributed by atoms with E-state index in [9.17, 15) is 5.11 Å². The molecule has 0 fully saturated rings. The number of benzene rings is 2. The molecular weight excluding hydrogens is 369 g/mol. The van der Waals surface area contributed by atoms with Crippen molar-refractivity contribution >= 4 is 12.9 Å². The number of nitrogens with zero attached hydrogens (tertiary/aromatic N) is 1. The van der Waals surface area contributed by atoms with Crippen LogP contribution in [0.3, 0.4) is 0 Å². The fourth-order valence-electron chi connectivity index (χ4n) is 3.92. The minimum Gasteiger partial charge on any atom is -0.427 e. The molecule has 0 saturated heterocycles. The van der Waals surface area contributed by atoms with Gasteiger partial charge < -0.3 is 9.76 Å². The number of aliphatic hydroxyl groups is 1. The first-order chi connectivity index (χ1) is 14.0. The Hall–Kier alpha value is -2.43. The summed E-state index contributed by atoms with van der Waals surface area (Å²) in [5.74, 6) is 0. The first-order valence-corrected chi connectivity index (χ1v) is 10.4. The van der Waals surface area contributed by atoms with Gasteiger partial charge in [-0.3, -0.25) is 4.98 Å². The van der Waals surface area contributed by atoms with Crippen LogP contribution in [0.25, 0.3) is 22.3 Å². The van der Waals surface area contributed by atoms with Crippen molar-refractivity contribution in [3.8, 4) is 22.3 Å². The maximum Gasteiger partial charge on any atom is 0.332 e. The number of hydrogen-bond donors (Lipinski definition) is 1. The molecule has 1 heterocycles. The molecule has 1 radical (unpaired) electrons. The first-order valence-electron chi connectivity index (χ1n) is 10.4. The molecular formula is C26H29BNO2. The van der Waals surface area contributed by atoms with Crippen molar-refractivity contribution in [2.75, 3.05) is 0 Å². The quantitative estimate of drug-likeness (QED) is 0.624. The summed E-state index contributed by atoms with van der Waals surface area (Å²) in [6, 6.07) is 17.4. The third-order valence-corrected chi connectivity index (χ3v) is 6.64. The van der Waals surface area contributed by atoms with Crippen molar-refractivity contribution in [2.24, 2.45) is 0 Å². The Bertz CT molecular complexity index is 1100. The molecule has 0 amide bonds. The van der Waals surface area contributed by atoms with Gasteiger partial charge in [0.25, 0.3) is 0 Å². The molecule has 0 atom stereocenters. The topological polar surface area (TPSA) is 42.4 Å². The van der Waals surface area contributed by atoms with Gasteiger partial charge in [0, 0.05) is 17.8 Å². The third kappa shape index (κ3) is 3.48. The average molecular weight is 398 g/mol. The van der Waals surface area contributed by atoms with Crippen LogP contribution in [0.2, 0.25) is 0 Å². The molecule has 0 bridgehead atoms. The van der Waals surface area contributed by atoms with E-state index in [1.807, 2.05) is 20.0 Å². The van der Waals surface area contributed by atoms with Crippen molar-refractivity contribution in [1.82, 2.24) is 4.98 Å². The van der Waals surface area contributed by atoms with E-state index in [2.05, 4.69) is 67.4 Å². The molecule has 4 rings (SSSR count). The highest BCUT2D eigenvalue weighted by molar-refractivity contribution is 6.47. The molecule has 3 aromatic rings. The molecule has 1 aliphatic rings. The Morgan fingerprint density at radius 1 is 0.867 bits per heavy atom. The van der Waals surface area contributed by atoms with Crippen LogP contribution in [-0.2, 0) is 10.1 Å². The van der Waals surface area contributed by atoms with Crippen LogP contribution in [0, 0.1) is 0 Å². The van der Waals surface area contributed by atoms with E-state index in [1.54, 1.807) is 27.5 Å². The molecule has 1 aromatic heterocycles. The monoisotopic (exact) mass is 398 g/mol. The van der Waals surface area contributed by atoms with Crippen LogP contribution in [0.4, 0.5) is 0 Å². The Kier molecular flexibility index (Phi) is 4.91. The van der Waals surface area contributed by atoms with Crippen LogP contribution < -0.4 is 5.46 Å². The normalized spacial score (nSPS) is 14.9. The van der Waals surface area contributed by atoms with Crippen molar-refractivity contribution < 1.29 is 9.76 Å². The van der Waals surface area contributed by atoms with E-state index in [0.717, 1.165) is 16.6 Å². The fourth-order valence-corrected chi connectivity index (χ4v) is 3.92. The molecule has 30 heavy (non-hydrogen) atoms. The Balaban J connectivity index is 1.64. The van der Waals surface area contributed by atoms with Gasteiger partial charge in [-0.1, -0.05) is 56.3 Å². The van der Waals surface area contributed by atoms with Gasteiger partial charge in [0.05, 0.1) is 11.2 Å². The van der Waals surface area contributed by atoms with Crippen molar-refractivity contribution in [2.45, 2.75) is 58.2 Å². The van der Waals surface area contributed by atoms with E-state index in [0.29, 0.717) is 0 Å². The second-order valence-electron chi connectivity index (χ2n) is 9.74. The van der Waals surface area contributed by atoms with Gasteiger partial charge in [-0.15, -0.1) is 0 Å². The second-order valence-corrected chi connectivity index (χ2v) is 9.74. The summed E-state index contributed by atoms with van der Waals surface area (Å²) in [6.07, 6.45) is 3.66. The predicted molar refractivity (Wildman–Crippen MR) is 124 cm³/mol. The van der Waals surface area contributed by atoms with Crippen molar-refractivity contribution in [3.05, 3.63) is 72.1 Å². The summed E-state index contributed by atoms with van der Waals surface area (Å²) in [5, 5.41) is 10.3. The van der Waals surface area contributed by atoms with Gasteiger partial charge in [-0.25, -0.2) is 0 Å². The lowest BCUT2D eigenvalue weighted by Gasteiger charge is -2.37. The third-order valence-electron chi connectivity index (χ3n) is 6.64. The largest absolute Gasteiger partial charge is 0.427 e. The number of hydrogen-bond acceptors (Lipinski definition) is 3. The molecule has 0 aliphatic heterocycles. The summed E-state index contributed by atoms with van der Waals surface area (Å²) >= 11 is 0. The lowest BCUT2D eigenvalue weighted by molar-refractivity contribution is -0.0893. The maximum absolute atomic E-state index is 10.3. The SMILES string of the molecule is CC1(C)c2ccccc2-c2ccc(-c3cncc([B]OC(C)(C)C(C)(C)O)c3)cc21. The van der Waals surface area contributed by atoms with Gasteiger partial charge in [0.15, 0.2) is 0 Å². The van der Waals surface area contributed by atoms with E-state index >= 15 is 0 Å². The number of aromatic nitrogens is 1. The molecule has 2 aromatic carbocycles. The Morgan fingerprint density at radius 3 is 2.30 bits per heavy atom. The van der Waals surface area contributed by atoms with E-state index in [4.69, 9.17) is 4.65 Å². The molecule has 0 spiro atoms. The Morgan fingerprint density at radius 2 is 1.57 bits per heavy atom. The zero-order valence-electron chi connectivity index (χ0n) is 18.7. The Labute approximate surface area is 180 Å². The number of pyridine rings is 1. The molecule has 1 aliphatic carbocycles. The zero-order valence-corrected chi connectivity index (χ0v) is 18.7. The van der Waals surface area contributed by atoms with Gasteiger partial charge in [-0.2, -0.15) is 0 Å². The smallest absolute Gasteiger partial charge is 0.332 e. The van der Waals surface area contributed by atoms with Crippen LogP contribution >= 0.6 is 0 Å². The molecule has 4 heteroatoms. The highest BCUT2D eigenvalue weighted by Crippen LogP contribution is 2.49. The maximum atomic E-state index is 10.3. The van der Waals surface area contributed by atoms with Crippen LogP contribution in [0.15, 0.2) is 60.9 Å². The lowest BCUT2D eigenvalue weighted by Crippen LogP contribution is -2.49. The highest BCUT2D eigenvalue weighted by atomic mass is 16.5. The number of rotatable bonds is 5. The minimum atomic E-state index is -0.963. The first kappa shape index (κ1) is 20.8. The van der Waals surface area contributed by atoms with Gasteiger partial charge in [0.1, 0.15) is 0 Å². The summed E-state index contributed by atoms with van der Waals surface area (Å²) < 4.78 is 5.91. The van der Waals surface area contributed by atoms with Crippen LogP contribution in [-0.4, -0.2) is 28.8 Å². The van der Waals surface area contributed by atoms with Crippen LogP contribution in [0.5, 0.6) is 0 Å². The molecule has 0 unspecified atom stereocenters. The van der Waals surface area contributed by atoms with Crippen molar-refractivity contribution in [3.63, 3.8) is 0 Å². The highest BCUT2D eigenvalue weighted by Gasteiger charge is 2.36. The average Bonchev–Trinajstić information content (AvgIpc) is 2.93. The summed E-state index contributed by atoms with van der Waals surface area (Å²) in [6.45, 7) is 11.8. The summed E-state index contributed by atoms with van der Waals surface area (Å²) in [7, 11) is 1.68. The molecule has 0 saturated carbocycles. The van der Waals surface area contributed by atoms with E-state index < -0.39 is 11.2 Å². The standard InChI is InChI=1S/C26H29BNO2/c1-24(2)22-10-8-7-9-20(22)21-12-11-17(14-23(21)24)18-13-19(16-28-15-18)27-30-26(5,6)25(3,4)29/h7-16,29H,1-6H3.